The third-order valence-electron chi connectivity index (χ3n) is 5.49. The Kier molecular flexibility index (Phi) is 5.65. The maximum atomic E-state index is 4.80. The van der Waals surface area contributed by atoms with Gasteiger partial charge in [0.05, 0.1) is 0 Å². The highest BCUT2D eigenvalue weighted by molar-refractivity contribution is 5.51. The maximum Gasteiger partial charge on any atom is 0.227 e. The monoisotopic (exact) mass is 387 g/mol. The Morgan fingerprint density at radius 1 is 0.828 bits per heavy atom. The summed E-state index contributed by atoms with van der Waals surface area (Å²) in [5.74, 6) is 1.71. The van der Waals surface area contributed by atoms with Crippen LogP contribution in [0.4, 0.5) is 17.5 Å². The lowest BCUT2D eigenvalue weighted by atomic mass is 10.1. The number of hydrogen-bond acceptors (Lipinski definition) is 5. The highest BCUT2D eigenvalue weighted by Gasteiger charge is 2.20. The molecule has 0 unspecified atom stereocenters. The van der Waals surface area contributed by atoms with Gasteiger partial charge in [-0.05, 0) is 49.6 Å². The quantitative estimate of drug-likeness (QED) is 0.705. The Hall–Kier alpha value is -3.08. The minimum Gasteiger partial charge on any atom is -0.368 e. The number of hydrogen-bond donors (Lipinski definition) is 1. The number of nitrogens with one attached hydrogen (secondary N) is 1. The second-order valence-electron chi connectivity index (χ2n) is 7.79. The van der Waals surface area contributed by atoms with Gasteiger partial charge in [0.25, 0.3) is 0 Å². The number of rotatable bonds is 5. The third kappa shape index (κ3) is 4.67. The topological polar surface area (TPSA) is 44.3 Å². The van der Waals surface area contributed by atoms with Crippen LogP contribution in [0.2, 0.25) is 0 Å². The summed E-state index contributed by atoms with van der Waals surface area (Å²) in [6, 6.07) is 19.2. The van der Waals surface area contributed by atoms with E-state index in [1.807, 2.05) is 13.0 Å². The number of aromatic nitrogens is 2. The van der Waals surface area contributed by atoms with E-state index >= 15 is 0 Å². The van der Waals surface area contributed by atoms with E-state index in [9.17, 15) is 0 Å². The SMILES string of the molecule is Cc1cccc(N2CCN(c3nc(C)cc(NCc4ccccc4C)n3)CC2)c1. The molecule has 3 aromatic rings. The zero-order valence-electron chi connectivity index (χ0n) is 17.5. The summed E-state index contributed by atoms with van der Waals surface area (Å²) in [4.78, 5) is 14.2. The van der Waals surface area contributed by atoms with Crippen molar-refractivity contribution in [2.75, 3.05) is 41.3 Å². The largest absolute Gasteiger partial charge is 0.368 e. The normalized spacial score (nSPS) is 14.2. The van der Waals surface area contributed by atoms with Crippen LogP contribution in [0.25, 0.3) is 0 Å². The Labute approximate surface area is 173 Å². The lowest BCUT2D eigenvalue weighted by Crippen LogP contribution is -2.47. The molecule has 29 heavy (non-hydrogen) atoms. The molecule has 1 aliphatic rings. The fraction of sp³-hybridized carbons (Fsp3) is 0.333. The molecular weight excluding hydrogens is 358 g/mol. The van der Waals surface area contributed by atoms with E-state index in [4.69, 9.17) is 9.97 Å². The Balaban J connectivity index is 1.42. The summed E-state index contributed by atoms with van der Waals surface area (Å²) in [6.45, 7) is 10.9. The van der Waals surface area contributed by atoms with Crippen molar-refractivity contribution in [2.45, 2.75) is 27.3 Å². The third-order valence-corrected chi connectivity index (χ3v) is 5.49. The van der Waals surface area contributed by atoms with Gasteiger partial charge in [0, 0.05) is 50.2 Å². The van der Waals surface area contributed by atoms with Crippen LogP contribution in [0.15, 0.2) is 54.6 Å². The van der Waals surface area contributed by atoms with Crippen LogP contribution in [0, 0.1) is 20.8 Å². The first-order valence-corrected chi connectivity index (χ1v) is 10.3. The smallest absolute Gasteiger partial charge is 0.227 e. The zero-order chi connectivity index (χ0) is 20.2. The van der Waals surface area contributed by atoms with E-state index in [-0.39, 0.29) is 0 Å². The van der Waals surface area contributed by atoms with Crippen LogP contribution in [0.3, 0.4) is 0 Å². The van der Waals surface area contributed by atoms with Crippen LogP contribution < -0.4 is 15.1 Å². The highest BCUT2D eigenvalue weighted by atomic mass is 15.3. The van der Waals surface area contributed by atoms with E-state index in [2.05, 4.69) is 77.5 Å². The Bertz CT molecular complexity index is 977. The molecule has 2 heterocycles. The molecule has 1 N–H and O–H groups in total. The molecule has 1 fully saturated rings. The van der Waals surface area contributed by atoms with Crippen molar-refractivity contribution in [2.24, 2.45) is 0 Å². The Morgan fingerprint density at radius 2 is 1.59 bits per heavy atom. The van der Waals surface area contributed by atoms with Crippen molar-refractivity contribution < 1.29 is 0 Å². The first-order valence-electron chi connectivity index (χ1n) is 10.3. The lowest BCUT2D eigenvalue weighted by molar-refractivity contribution is 0.639. The van der Waals surface area contributed by atoms with E-state index in [1.165, 1.54) is 22.4 Å². The van der Waals surface area contributed by atoms with Gasteiger partial charge in [-0.3, -0.25) is 0 Å². The van der Waals surface area contributed by atoms with E-state index in [1.54, 1.807) is 0 Å². The molecule has 5 nitrogen and oxygen atoms in total. The van der Waals surface area contributed by atoms with Crippen molar-refractivity contribution in [3.8, 4) is 0 Å². The van der Waals surface area contributed by atoms with Crippen LogP contribution in [-0.4, -0.2) is 36.1 Å². The summed E-state index contributed by atoms with van der Waals surface area (Å²) in [6.07, 6.45) is 0. The molecule has 4 rings (SSSR count). The van der Waals surface area contributed by atoms with Gasteiger partial charge < -0.3 is 15.1 Å². The highest BCUT2D eigenvalue weighted by Crippen LogP contribution is 2.21. The van der Waals surface area contributed by atoms with Gasteiger partial charge in [-0.1, -0.05) is 36.4 Å². The Morgan fingerprint density at radius 3 is 2.34 bits per heavy atom. The van der Waals surface area contributed by atoms with E-state index in [0.717, 1.165) is 50.2 Å². The average molecular weight is 388 g/mol. The standard InChI is InChI=1S/C24H29N5/c1-18-7-6-10-22(15-18)28-11-13-29(14-12-28)24-26-20(3)16-23(27-24)25-17-21-9-5-4-8-19(21)2/h4-10,15-16H,11-14,17H2,1-3H3,(H,25,26,27). The molecule has 0 spiro atoms. The average Bonchev–Trinajstić information content (AvgIpc) is 2.73. The van der Waals surface area contributed by atoms with E-state index in [0.29, 0.717) is 0 Å². The second-order valence-corrected chi connectivity index (χ2v) is 7.79. The van der Waals surface area contributed by atoms with Gasteiger partial charge in [0.2, 0.25) is 5.95 Å². The summed E-state index contributed by atoms with van der Waals surface area (Å²) >= 11 is 0. The van der Waals surface area contributed by atoms with Crippen molar-refractivity contribution >= 4 is 17.5 Å². The van der Waals surface area contributed by atoms with Gasteiger partial charge in [0.1, 0.15) is 5.82 Å². The molecule has 1 saturated heterocycles. The van der Waals surface area contributed by atoms with Crippen LogP contribution >= 0.6 is 0 Å². The second kappa shape index (κ2) is 8.52. The number of nitrogens with zero attached hydrogens (tertiary/aromatic N) is 4. The van der Waals surface area contributed by atoms with Gasteiger partial charge in [-0.15, -0.1) is 0 Å². The zero-order valence-corrected chi connectivity index (χ0v) is 17.5. The molecule has 1 aromatic heterocycles. The lowest BCUT2D eigenvalue weighted by Gasteiger charge is -2.36. The molecule has 150 valence electrons. The minimum atomic E-state index is 0.768. The number of piperazine rings is 1. The molecule has 0 saturated carbocycles. The van der Waals surface area contributed by atoms with Crippen LogP contribution in [0.5, 0.6) is 0 Å². The van der Waals surface area contributed by atoms with Crippen molar-refractivity contribution in [1.29, 1.82) is 0 Å². The molecule has 5 heteroatoms. The van der Waals surface area contributed by atoms with E-state index < -0.39 is 0 Å². The van der Waals surface area contributed by atoms with Gasteiger partial charge in [-0.2, -0.15) is 4.98 Å². The van der Waals surface area contributed by atoms with Crippen LogP contribution in [0.1, 0.15) is 22.4 Å². The summed E-state index contributed by atoms with van der Waals surface area (Å²) in [7, 11) is 0. The predicted molar refractivity (Wildman–Crippen MR) is 121 cm³/mol. The van der Waals surface area contributed by atoms with Crippen LogP contribution in [-0.2, 0) is 6.54 Å². The van der Waals surface area contributed by atoms with Crippen molar-refractivity contribution in [3.05, 3.63) is 77.0 Å². The number of aryl methyl sites for hydroxylation is 3. The molecule has 0 aliphatic carbocycles. The summed E-state index contributed by atoms with van der Waals surface area (Å²) in [5.41, 5.74) is 6.17. The molecule has 1 aliphatic heterocycles. The molecule has 2 aromatic carbocycles. The summed E-state index contributed by atoms with van der Waals surface area (Å²) < 4.78 is 0. The minimum absolute atomic E-state index is 0.768. The van der Waals surface area contributed by atoms with Gasteiger partial charge in [0.15, 0.2) is 0 Å². The first-order chi connectivity index (χ1) is 14.1. The summed E-state index contributed by atoms with van der Waals surface area (Å²) in [5, 5.41) is 3.47. The molecule has 0 radical (unpaired) electrons. The maximum absolute atomic E-state index is 4.80. The number of benzene rings is 2. The molecule has 0 bridgehead atoms. The number of anilines is 3. The van der Waals surface area contributed by atoms with Crippen molar-refractivity contribution in [3.63, 3.8) is 0 Å². The molecule has 0 amide bonds. The molecule has 0 atom stereocenters. The fourth-order valence-corrected chi connectivity index (χ4v) is 3.77. The fourth-order valence-electron chi connectivity index (χ4n) is 3.77. The van der Waals surface area contributed by atoms with Gasteiger partial charge >= 0.3 is 0 Å². The predicted octanol–water partition coefficient (Wildman–Crippen LogP) is 4.34. The van der Waals surface area contributed by atoms with Crippen molar-refractivity contribution in [1.82, 2.24) is 9.97 Å². The van der Waals surface area contributed by atoms with Gasteiger partial charge in [-0.25, -0.2) is 4.98 Å². The first kappa shape index (κ1) is 19.2. The molecular formula is C24H29N5.